The third-order valence-corrected chi connectivity index (χ3v) is 2.73. The minimum atomic E-state index is -4.31. The maximum absolute atomic E-state index is 12.1. The molecule has 114 valence electrons. The zero-order valence-electron chi connectivity index (χ0n) is 11.7. The number of hydrogen-bond donors (Lipinski definition) is 1. The van der Waals surface area contributed by atoms with Gasteiger partial charge in [0.2, 0.25) is 5.91 Å². The first-order valence-corrected chi connectivity index (χ1v) is 6.40. The summed E-state index contributed by atoms with van der Waals surface area (Å²) in [6.07, 6.45) is -5.95. The van der Waals surface area contributed by atoms with Crippen molar-refractivity contribution < 1.29 is 18.0 Å². The highest BCUT2D eigenvalue weighted by Gasteiger charge is 2.28. The number of halogens is 3. The second kappa shape index (κ2) is 7.70. The van der Waals surface area contributed by atoms with E-state index in [0.717, 1.165) is 11.1 Å². The van der Waals surface area contributed by atoms with E-state index >= 15 is 0 Å². The van der Waals surface area contributed by atoms with E-state index in [0.29, 0.717) is 0 Å². The van der Waals surface area contributed by atoms with Crippen molar-refractivity contribution >= 4 is 5.91 Å². The van der Waals surface area contributed by atoms with E-state index in [4.69, 9.17) is 5.73 Å². The Labute approximate surface area is 121 Å². The molecule has 3 nitrogen and oxygen atoms in total. The Balaban J connectivity index is 2.62. The fourth-order valence-electron chi connectivity index (χ4n) is 1.70. The smallest absolute Gasteiger partial charge is 0.341 e. The number of benzene rings is 1. The predicted molar refractivity (Wildman–Crippen MR) is 74.1 cm³/mol. The highest BCUT2D eigenvalue weighted by Crippen LogP contribution is 2.21. The lowest BCUT2D eigenvalue weighted by molar-refractivity contribution is -0.148. The van der Waals surface area contributed by atoms with E-state index < -0.39 is 24.9 Å². The molecule has 21 heavy (non-hydrogen) atoms. The molecule has 0 aliphatic heterocycles. The molecule has 0 aliphatic rings. The van der Waals surface area contributed by atoms with Gasteiger partial charge in [-0.15, -0.1) is 0 Å². The molecular weight excluding hydrogens is 281 g/mol. The number of alkyl halides is 3. The monoisotopic (exact) mass is 298 g/mol. The Bertz CT molecular complexity index is 544. The lowest BCUT2D eigenvalue weighted by atomic mass is 10.1. The molecule has 0 fully saturated rings. The Morgan fingerprint density at radius 1 is 1.38 bits per heavy atom. The number of hydrogen-bond acceptors (Lipinski definition) is 2. The minimum Gasteiger partial charge on any atom is -0.341 e. The highest BCUT2D eigenvalue weighted by atomic mass is 19.4. The summed E-state index contributed by atoms with van der Waals surface area (Å²) in [7, 11) is 1.48. The molecule has 0 aromatic heterocycles. The first-order chi connectivity index (χ1) is 9.81. The number of nitrogens with zero attached hydrogens (tertiary/aromatic N) is 1. The molecule has 0 radical (unpaired) electrons. The van der Waals surface area contributed by atoms with E-state index in [1.165, 1.54) is 11.9 Å². The van der Waals surface area contributed by atoms with Crippen molar-refractivity contribution in [3.63, 3.8) is 0 Å². The minimum absolute atomic E-state index is 0.245. The van der Waals surface area contributed by atoms with E-state index in [1.807, 2.05) is 0 Å². The summed E-state index contributed by atoms with van der Waals surface area (Å²) in [6.45, 7) is 0.495. The molecular formula is C15H17F3N2O. The average Bonchev–Trinajstić information content (AvgIpc) is 2.42. The number of nitrogens with two attached hydrogens (primary N) is 1. The fourth-order valence-corrected chi connectivity index (χ4v) is 1.70. The molecule has 1 aromatic carbocycles. The van der Waals surface area contributed by atoms with Gasteiger partial charge in [-0.1, -0.05) is 24.0 Å². The van der Waals surface area contributed by atoms with Crippen molar-refractivity contribution in [2.45, 2.75) is 25.6 Å². The SMILES string of the molecule is CN(Cc1cccc(C#CCN)c1)C(=O)CCC(F)(F)F. The summed E-state index contributed by atoms with van der Waals surface area (Å²) in [5.41, 5.74) is 6.85. The maximum Gasteiger partial charge on any atom is 0.389 e. The molecule has 0 saturated carbocycles. The van der Waals surface area contributed by atoms with Crippen LogP contribution in [0.1, 0.15) is 24.0 Å². The van der Waals surface area contributed by atoms with Crippen molar-refractivity contribution in [3.8, 4) is 11.8 Å². The predicted octanol–water partition coefficient (Wildman–Crippen LogP) is 2.30. The van der Waals surface area contributed by atoms with Gasteiger partial charge in [0.15, 0.2) is 0 Å². The second-order valence-electron chi connectivity index (χ2n) is 4.57. The third kappa shape index (κ3) is 6.82. The standard InChI is InChI=1S/C15H17F3N2O/c1-20(14(21)7-8-15(16,17)18)11-13-5-2-4-12(10-13)6-3-9-19/h2,4-5,10H,7-9,11,19H2,1H3. The van der Waals surface area contributed by atoms with Gasteiger partial charge in [0.05, 0.1) is 13.0 Å². The van der Waals surface area contributed by atoms with E-state index in [2.05, 4.69) is 11.8 Å². The maximum atomic E-state index is 12.1. The van der Waals surface area contributed by atoms with Gasteiger partial charge in [0.1, 0.15) is 0 Å². The molecule has 1 rings (SSSR count). The second-order valence-corrected chi connectivity index (χ2v) is 4.57. The zero-order chi connectivity index (χ0) is 15.9. The first kappa shape index (κ1) is 17.1. The first-order valence-electron chi connectivity index (χ1n) is 6.40. The van der Waals surface area contributed by atoms with Gasteiger partial charge in [-0.05, 0) is 17.7 Å². The molecule has 2 N–H and O–H groups in total. The summed E-state index contributed by atoms with van der Waals surface area (Å²) in [4.78, 5) is 12.9. The summed E-state index contributed by atoms with van der Waals surface area (Å²) in [6, 6.07) is 7.17. The lowest BCUT2D eigenvalue weighted by Gasteiger charge is -2.18. The van der Waals surface area contributed by atoms with Gasteiger partial charge in [0, 0.05) is 25.6 Å². The molecule has 0 aliphatic carbocycles. The van der Waals surface area contributed by atoms with Gasteiger partial charge < -0.3 is 10.6 Å². The van der Waals surface area contributed by atoms with Crippen molar-refractivity contribution in [2.75, 3.05) is 13.6 Å². The van der Waals surface area contributed by atoms with Crippen LogP contribution in [0.25, 0.3) is 0 Å². The Hall–Kier alpha value is -2.00. The van der Waals surface area contributed by atoms with Crippen molar-refractivity contribution in [2.24, 2.45) is 5.73 Å². The van der Waals surface area contributed by atoms with Gasteiger partial charge in [0.25, 0.3) is 0 Å². The van der Waals surface area contributed by atoms with Crippen LogP contribution in [0.5, 0.6) is 0 Å². The summed E-state index contributed by atoms with van der Waals surface area (Å²) in [5.74, 6) is 5.05. The van der Waals surface area contributed by atoms with Crippen LogP contribution in [0.15, 0.2) is 24.3 Å². The lowest BCUT2D eigenvalue weighted by Crippen LogP contribution is -2.27. The molecule has 0 atom stereocenters. The highest BCUT2D eigenvalue weighted by molar-refractivity contribution is 5.75. The van der Waals surface area contributed by atoms with Crippen molar-refractivity contribution in [1.29, 1.82) is 0 Å². The van der Waals surface area contributed by atoms with Crippen LogP contribution in [-0.2, 0) is 11.3 Å². The number of rotatable bonds is 4. The summed E-state index contributed by atoms with van der Waals surface area (Å²) in [5, 5.41) is 0. The summed E-state index contributed by atoms with van der Waals surface area (Å²) < 4.78 is 36.2. The molecule has 0 bridgehead atoms. The quantitative estimate of drug-likeness (QED) is 0.867. The Kier molecular flexibility index (Phi) is 6.25. The topological polar surface area (TPSA) is 46.3 Å². The van der Waals surface area contributed by atoms with Crippen LogP contribution in [-0.4, -0.2) is 30.6 Å². The molecule has 1 aromatic rings. The van der Waals surface area contributed by atoms with Crippen LogP contribution >= 0.6 is 0 Å². The molecule has 6 heteroatoms. The third-order valence-electron chi connectivity index (χ3n) is 2.73. The largest absolute Gasteiger partial charge is 0.389 e. The van der Waals surface area contributed by atoms with Crippen LogP contribution in [0, 0.1) is 11.8 Å². The average molecular weight is 298 g/mol. The molecule has 0 heterocycles. The number of amides is 1. The van der Waals surface area contributed by atoms with Crippen LogP contribution in [0.2, 0.25) is 0 Å². The molecule has 1 amide bonds. The van der Waals surface area contributed by atoms with Gasteiger partial charge in [-0.3, -0.25) is 4.79 Å². The van der Waals surface area contributed by atoms with Gasteiger partial charge in [-0.25, -0.2) is 0 Å². The molecule has 0 unspecified atom stereocenters. The van der Waals surface area contributed by atoms with Crippen LogP contribution < -0.4 is 5.73 Å². The van der Waals surface area contributed by atoms with Gasteiger partial charge >= 0.3 is 6.18 Å². The van der Waals surface area contributed by atoms with Gasteiger partial charge in [-0.2, -0.15) is 13.2 Å². The normalized spacial score (nSPS) is 10.7. The Morgan fingerprint density at radius 2 is 2.10 bits per heavy atom. The van der Waals surface area contributed by atoms with Crippen LogP contribution in [0.4, 0.5) is 13.2 Å². The molecule has 0 spiro atoms. The summed E-state index contributed by atoms with van der Waals surface area (Å²) >= 11 is 0. The fraction of sp³-hybridized carbons (Fsp3) is 0.400. The number of carbonyl (C=O) groups excluding carboxylic acids is 1. The molecule has 0 saturated heterocycles. The van der Waals surface area contributed by atoms with Crippen molar-refractivity contribution in [3.05, 3.63) is 35.4 Å². The van der Waals surface area contributed by atoms with E-state index in [9.17, 15) is 18.0 Å². The van der Waals surface area contributed by atoms with E-state index in [1.54, 1.807) is 24.3 Å². The van der Waals surface area contributed by atoms with Crippen LogP contribution in [0.3, 0.4) is 0 Å². The number of carbonyl (C=O) groups is 1. The Morgan fingerprint density at radius 3 is 2.71 bits per heavy atom. The zero-order valence-corrected chi connectivity index (χ0v) is 11.7. The van der Waals surface area contributed by atoms with Crippen molar-refractivity contribution in [1.82, 2.24) is 4.90 Å². The van der Waals surface area contributed by atoms with E-state index in [-0.39, 0.29) is 13.1 Å².